The molecule has 2 amide bonds. The number of nitrogens with zero attached hydrogens (tertiary/aromatic N) is 1. The molecule has 0 radical (unpaired) electrons. The molecule has 30 heavy (non-hydrogen) atoms. The number of rotatable bonds is 5. The van der Waals surface area contributed by atoms with E-state index in [-0.39, 0.29) is 25.0 Å². The highest BCUT2D eigenvalue weighted by molar-refractivity contribution is 5.98. The van der Waals surface area contributed by atoms with Crippen LogP contribution >= 0.6 is 0 Å². The first-order chi connectivity index (χ1) is 14.7. The molecule has 0 spiro atoms. The fraction of sp³-hybridized carbons (Fsp3) is 0.167. The minimum Gasteiger partial charge on any atom is -0.484 e. The smallest absolute Gasteiger partial charge is 0.265 e. The van der Waals surface area contributed by atoms with Crippen molar-refractivity contribution in [2.24, 2.45) is 0 Å². The van der Waals surface area contributed by atoms with Gasteiger partial charge in [0.2, 0.25) is 0 Å². The van der Waals surface area contributed by atoms with Gasteiger partial charge < -0.3 is 19.7 Å². The Labute approximate surface area is 175 Å². The molecule has 0 aromatic heterocycles. The zero-order chi connectivity index (χ0) is 20.9. The predicted molar refractivity (Wildman–Crippen MR) is 115 cm³/mol. The fourth-order valence-electron chi connectivity index (χ4n) is 3.37. The summed E-state index contributed by atoms with van der Waals surface area (Å²) in [7, 11) is 1.54. The number of ether oxygens (including phenoxy) is 2. The lowest BCUT2D eigenvalue weighted by molar-refractivity contribution is -0.128. The number of anilines is 1. The Morgan fingerprint density at radius 3 is 2.37 bits per heavy atom. The highest BCUT2D eigenvalue weighted by Crippen LogP contribution is 2.33. The van der Waals surface area contributed by atoms with Crippen molar-refractivity contribution in [3.8, 4) is 22.6 Å². The molecule has 152 valence electrons. The van der Waals surface area contributed by atoms with Crippen LogP contribution in [0.2, 0.25) is 0 Å². The Bertz CT molecular complexity index is 1030. The van der Waals surface area contributed by atoms with Crippen LogP contribution in [0.3, 0.4) is 0 Å². The highest BCUT2D eigenvalue weighted by atomic mass is 16.5. The van der Waals surface area contributed by atoms with E-state index in [1.165, 1.54) is 4.90 Å². The Morgan fingerprint density at radius 1 is 0.967 bits per heavy atom. The average Bonchev–Trinajstić information content (AvgIpc) is 2.82. The number of amides is 2. The molecule has 0 saturated carbocycles. The van der Waals surface area contributed by atoms with Crippen LogP contribution in [-0.4, -0.2) is 38.1 Å². The van der Waals surface area contributed by atoms with Crippen LogP contribution in [0.25, 0.3) is 11.1 Å². The number of fused-ring (bicyclic) bond motifs is 1. The number of carbonyl (C=O) groups is 2. The van der Waals surface area contributed by atoms with Crippen molar-refractivity contribution in [2.45, 2.75) is 6.10 Å². The van der Waals surface area contributed by atoms with E-state index in [0.29, 0.717) is 17.2 Å². The summed E-state index contributed by atoms with van der Waals surface area (Å²) in [5.74, 6) is 0.580. The Morgan fingerprint density at radius 2 is 1.63 bits per heavy atom. The van der Waals surface area contributed by atoms with Gasteiger partial charge in [-0.25, -0.2) is 0 Å². The first kappa shape index (κ1) is 19.5. The monoisotopic (exact) mass is 402 g/mol. The number of hydrogen-bond acceptors (Lipinski definition) is 4. The van der Waals surface area contributed by atoms with Gasteiger partial charge in [0.05, 0.1) is 12.2 Å². The van der Waals surface area contributed by atoms with Crippen molar-refractivity contribution >= 4 is 17.5 Å². The summed E-state index contributed by atoms with van der Waals surface area (Å²) in [5, 5.41) is 2.57. The van der Waals surface area contributed by atoms with Gasteiger partial charge in [-0.1, -0.05) is 54.6 Å². The predicted octanol–water partition coefficient (Wildman–Crippen LogP) is 3.27. The molecule has 4 rings (SSSR count). The summed E-state index contributed by atoms with van der Waals surface area (Å²) in [6.45, 7) is -0.00862. The average molecular weight is 402 g/mol. The standard InChI is InChI=1S/C24H22N2O4/c1-25-24(28)22-15-26(20-9-5-6-10-21(20)30-22)23(27)16-29-19-13-11-18(12-14-19)17-7-3-2-4-8-17/h2-14,22H,15-16H2,1H3,(H,25,28)/t22-/m1/s1. The van der Waals surface area contributed by atoms with Crippen molar-refractivity contribution in [3.05, 3.63) is 78.9 Å². The van der Waals surface area contributed by atoms with Crippen molar-refractivity contribution < 1.29 is 19.1 Å². The molecule has 1 aliphatic heterocycles. The zero-order valence-electron chi connectivity index (χ0n) is 16.6. The lowest BCUT2D eigenvalue weighted by Gasteiger charge is -2.33. The van der Waals surface area contributed by atoms with Crippen LogP contribution in [0.15, 0.2) is 78.9 Å². The van der Waals surface area contributed by atoms with Gasteiger partial charge >= 0.3 is 0 Å². The maximum absolute atomic E-state index is 12.9. The minimum absolute atomic E-state index is 0.131. The molecule has 1 aliphatic rings. The van der Waals surface area contributed by atoms with E-state index in [0.717, 1.165) is 11.1 Å². The summed E-state index contributed by atoms with van der Waals surface area (Å²) < 4.78 is 11.5. The Hall–Kier alpha value is -3.80. The van der Waals surface area contributed by atoms with Crippen LogP contribution in [0.4, 0.5) is 5.69 Å². The molecule has 3 aromatic rings. The number of hydrogen-bond donors (Lipinski definition) is 1. The Balaban J connectivity index is 1.45. The van der Waals surface area contributed by atoms with Crippen molar-refractivity contribution in [3.63, 3.8) is 0 Å². The van der Waals surface area contributed by atoms with Gasteiger partial charge in [0.1, 0.15) is 11.5 Å². The molecule has 3 aromatic carbocycles. The molecule has 0 bridgehead atoms. The summed E-state index contributed by atoms with van der Waals surface area (Å²) in [6, 6.07) is 24.8. The van der Waals surface area contributed by atoms with Crippen LogP contribution in [0.5, 0.6) is 11.5 Å². The molecule has 0 unspecified atom stereocenters. The summed E-state index contributed by atoms with van der Waals surface area (Å²) in [6.07, 6.45) is -0.765. The van der Waals surface area contributed by atoms with Gasteiger partial charge in [-0.2, -0.15) is 0 Å². The second kappa shape index (κ2) is 8.69. The van der Waals surface area contributed by atoms with E-state index in [9.17, 15) is 9.59 Å². The number of nitrogens with one attached hydrogen (secondary N) is 1. The van der Waals surface area contributed by atoms with Gasteiger partial charge in [0.25, 0.3) is 11.8 Å². The third-order valence-electron chi connectivity index (χ3n) is 4.94. The third kappa shape index (κ3) is 4.12. The maximum atomic E-state index is 12.9. The van der Waals surface area contributed by atoms with Crippen LogP contribution in [-0.2, 0) is 9.59 Å². The van der Waals surface area contributed by atoms with Crippen molar-refractivity contribution in [1.29, 1.82) is 0 Å². The molecule has 6 nitrogen and oxygen atoms in total. The number of carbonyl (C=O) groups excluding carboxylic acids is 2. The summed E-state index contributed by atoms with van der Waals surface area (Å²) in [4.78, 5) is 26.5. The van der Waals surface area contributed by atoms with Crippen molar-refractivity contribution in [2.75, 3.05) is 25.1 Å². The minimum atomic E-state index is -0.765. The second-order valence-electron chi connectivity index (χ2n) is 6.87. The van der Waals surface area contributed by atoms with Gasteiger partial charge in [-0.15, -0.1) is 0 Å². The highest BCUT2D eigenvalue weighted by Gasteiger charge is 2.33. The molecule has 0 aliphatic carbocycles. The van der Waals surface area contributed by atoms with Crippen LogP contribution in [0.1, 0.15) is 0 Å². The van der Waals surface area contributed by atoms with Crippen molar-refractivity contribution in [1.82, 2.24) is 5.32 Å². The van der Waals surface area contributed by atoms with E-state index >= 15 is 0 Å². The molecule has 0 saturated heterocycles. The maximum Gasteiger partial charge on any atom is 0.265 e. The summed E-state index contributed by atoms with van der Waals surface area (Å²) >= 11 is 0. The normalized spacial score (nSPS) is 15.0. The van der Waals surface area contributed by atoms with E-state index in [1.54, 1.807) is 25.2 Å². The SMILES string of the molecule is CNC(=O)[C@H]1CN(C(=O)COc2ccc(-c3ccccc3)cc2)c2ccccc2O1. The number of likely N-dealkylation sites (N-methyl/N-ethyl adjacent to an activating group) is 1. The van der Waals surface area contributed by atoms with Gasteiger partial charge in [-0.3, -0.25) is 9.59 Å². The van der Waals surface area contributed by atoms with Gasteiger partial charge in [-0.05, 0) is 35.4 Å². The van der Waals surface area contributed by atoms with Crippen LogP contribution < -0.4 is 19.7 Å². The van der Waals surface area contributed by atoms with E-state index < -0.39 is 6.10 Å². The molecular weight excluding hydrogens is 380 g/mol. The first-order valence-corrected chi connectivity index (χ1v) is 9.71. The molecule has 6 heteroatoms. The molecular formula is C24H22N2O4. The topological polar surface area (TPSA) is 67.9 Å². The quantitative estimate of drug-likeness (QED) is 0.711. The number of benzene rings is 3. The lowest BCUT2D eigenvalue weighted by atomic mass is 10.1. The zero-order valence-corrected chi connectivity index (χ0v) is 16.6. The van der Waals surface area contributed by atoms with E-state index in [2.05, 4.69) is 5.32 Å². The fourth-order valence-corrected chi connectivity index (χ4v) is 3.37. The van der Waals surface area contributed by atoms with Gasteiger partial charge in [0.15, 0.2) is 12.7 Å². The lowest BCUT2D eigenvalue weighted by Crippen LogP contribution is -2.51. The third-order valence-corrected chi connectivity index (χ3v) is 4.94. The van der Waals surface area contributed by atoms with Gasteiger partial charge in [0, 0.05) is 7.05 Å². The van der Waals surface area contributed by atoms with E-state index in [1.807, 2.05) is 60.7 Å². The molecule has 1 N–H and O–H groups in total. The molecule has 0 fully saturated rings. The number of para-hydroxylation sites is 2. The van der Waals surface area contributed by atoms with E-state index in [4.69, 9.17) is 9.47 Å². The largest absolute Gasteiger partial charge is 0.484 e. The Kier molecular flexibility index (Phi) is 5.66. The molecule has 1 atom stereocenters. The van der Waals surface area contributed by atoms with Crippen LogP contribution in [0, 0.1) is 0 Å². The second-order valence-corrected chi connectivity index (χ2v) is 6.87. The molecule has 1 heterocycles. The first-order valence-electron chi connectivity index (χ1n) is 9.71. The summed E-state index contributed by atoms with van der Waals surface area (Å²) in [5.41, 5.74) is 2.82.